The third-order valence-corrected chi connectivity index (χ3v) is 6.07. The molecular formula is C24H29N3O2. The number of benzene rings is 2. The van der Waals surface area contributed by atoms with Crippen LogP contribution in [0.5, 0.6) is 0 Å². The van der Waals surface area contributed by atoms with E-state index < -0.39 is 5.41 Å². The van der Waals surface area contributed by atoms with Gasteiger partial charge in [-0.05, 0) is 68.1 Å². The highest BCUT2D eigenvalue weighted by Crippen LogP contribution is 2.41. The van der Waals surface area contributed by atoms with Crippen LogP contribution in [0.1, 0.15) is 40.7 Å². The number of methoxy groups -OCH3 is 1. The van der Waals surface area contributed by atoms with E-state index in [0.717, 1.165) is 38.0 Å². The molecule has 0 bridgehead atoms. The zero-order valence-electron chi connectivity index (χ0n) is 17.0. The predicted octanol–water partition coefficient (Wildman–Crippen LogP) is 3.50. The first-order valence-electron chi connectivity index (χ1n) is 10.2. The summed E-state index contributed by atoms with van der Waals surface area (Å²) in [7, 11) is 1.37. The summed E-state index contributed by atoms with van der Waals surface area (Å²) in [6, 6.07) is 20.4. The highest BCUT2D eigenvalue weighted by Gasteiger charge is 2.42. The highest BCUT2D eigenvalue weighted by atomic mass is 16.5. The zero-order valence-corrected chi connectivity index (χ0v) is 17.0. The van der Waals surface area contributed by atoms with Gasteiger partial charge in [0, 0.05) is 6.54 Å². The van der Waals surface area contributed by atoms with Crippen molar-refractivity contribution in [1.29, 1.82) is 5.26 Å². The van der Waals surface area contributed by atoms with Gasteiger partial charge < -0.3 is 10.5 Å². The number of hydrogen-bond donors (Lipinski definition) is 1. The average Bonchev–Trinajstić information content (AvgIpc) is 2.78. The van der Waals surface area contributed by atoms with E-state index in [1.54, 1.807) is 12.1 Å². The normalized spacial score (nSPS) is 17.3. The maximum absolute atomic E-state index is 12.0. The molecule has 0 radical (unpaired) electrons. The van der Waals surface area contributed by atoms with Crippen LogP contribution in [0, 0.1) is 17.2 Å². The van der Waals surface area contributed by atoms with Crippen molar-refractivity contribution in [2.45, 2.75) is 31.2 Å². The van der Waals surface area contributed by atoms with Crippen LogP contribution in [-0.2, 0) is 16.7 Å². The molecule has 29 heavy (non-hydrogen) atoms. The first kappa shape index (κ1) is 21.0. The molecular weight excluding hydrogens is 362 g/mol. The predicted molar refractivity (Wildman–Crippen MR) is 113 cm³/mol. The summed E-state index contributed by atoms with van der Waals surface area (Å²) in [4.78, 5) is 14.4. The molecule has 1 aliphatic heterocycles. The van der Waals surface area contributed by atoms with E-state index in [0.29, 0.717) is 18.5 Å². The lowest BCUT2D eigenvalue weighted by molar-refractivity contribution is 0.0600. The summed E-state index contributed by atoms with van der Waals surface area (Å²) in [6.45, 7) is 3.26. The third-order valence-electron chi connectivity index (χ3n) is 6.07. The summed E-state index contributed by atoms with van der Waals surface area (Å²) in [5, 5.41) is 10.3. The number of likely N-dealkylation sites (tertiary alicyclic amines) is 1. The van der Waals surface area contributed by atoms with Crippen LogP contribution in [0.25, 0.3) is 0 Å². The maximum Gasteiger partial charge on any atom is 0.337 e. The SMILES string of the molecule is COC(=O)c1cccc(C(C#N)(CCN)C2CCN(Cc3ccccc3)CC2)c1. The number of carbonyl (C=O) groups excluding carboxylic acids is 1. The molecule has 152 valence electrons. The first-order valence-corrected chi connectivity index (χ1v) is 10.2. The Labute approximate surface area is 173 Å². The van der Waals surface area contributed by atoms with E-state index in [1.807, 2.05) is 18.2 Å². The van der Waals surface area contributed by atoms with Gasteiger partial charge in [-0.15, -0.1) is 0 Å². The molecule has 3 rings (SSSR count). The molecule has 1 atom stereocenters. The van der Waals surface area contributed by atoms with Gasteiger partial charge in [-0.25, -0.2) is 4.79 Å². The Morgan fingerprint density at radius 3 is 2.55 bits per heavy atom. The lowest BCUT2D eigenvalue weighted by Gasteiger charge is -2.41. The Bertz CT molecular complexity index is 854. The van der Waals surface area contributed by atoms with Gasteiger partial charge in [0.1, 0.15) is 0 Å². The molecule has 0 aliphatic carbocycles. The van der Waals surface area contributed by atoms with E-state index in [9.17, 15) is 10.1 Å². The van der Waals surface area contributed by atoms with Gasteiger partial charge >= 0.3 is 5.97 Å². The Kier molecular flexibility index (Phi) is 7.03. The van der Waals surface area contributed by atoms with Gasteiger partial charge in [-0.2, -0.15) is 5.26 Å². The third kappa shape index (κ3) is 4.67. The van der Waals surface area contributed by atoms with Crippen LogP contribution in [-0.4, -0.2) is 37.6 Å². The standard InChI is InChI=1S/C24H29N3O2/c1-29-23(28)20-8-5-9-22(16-20)24(18-26,12-13-25)21-10-14-27(15-11-21)17-19-6-3-2-4-7-19/h2-9,16,21H,10-15,17,25H2,1H3. The number of hydrogen-bond acceptors (Lipinski definition) is 5. The second-order valence-corrected chi connectivity index (χ2v) is 7.73. The van der Waals surface area contributed by atoms with E-state index in [1.165, 1.54) is 12.7 Å². The second-order valence-electron chi connectivity index (χ2n) is 7.73. The van der Waals surface area contributed by atoms with Crippen molar-refractivity contribution >= 4 is 5.97 Å². The quantitative estimate of drug-likeness (QED) is 0.731. The molecule has 2 aromatic rings. The average molecular weight is 392 g/mol. The minimum absolute atomic E-state index is 0.205. The molecule has 1 aliphatic rings. The van der Waals surface area contributed by atoms with Crippen molar-refractivity contribution < 1.29 is 9.53 Å². The fraction of sp³-hybridized carbons (Fsp3) is 0.417. The molecule has 0 spiro atoms. The Morgan fingerprint density at radius 2 is 1.93 bits per heavy atom. The van der Waals surface area contributed by atoms with Crippen molar-refractivity contribution in [3.8, 4) is 6.07 Å². The van der Waals surface area contributed by atoms with Crippen LogP contribution in [0.2, 0.25) is 0 Å². The second kappa shape index (κ2) is 9.69. The molecule has 0 saturated carbocycles. The summed E-state index contributed by atoms with van der Waals surface area (Å²) in [6.07, 6.45) is 2.45. The largest absolute Gasteiger partial charge is 0.465 e. The van der Waals surface area contributed by atoms with Gasteiger partial charge in [-0.1, -0.05) is 42.5 Å². The molecule has 1 unspecified atom stereocenters. The molecule has 0 aromatic heterocycles. The lowest BCUT2D eigenvalue weighted by atomic mass is 9.65. The summed E-state index contributed by atoms with van der Waals surface area (Å²) < 4.78 is 4.86. The Balaban J connectivity index is 1.79. The molecule has 5 heteroatoms. The topological polar surface area (TPSA) is 79.3 Å². The monoisotopic (exact) mass is 391 g/mol. The van der Waals surface area contributed by atoms with Gasteiger partial charge in [0.2, 0.25) is 0 Å². The smallest absolute Gasteiger partial charge is 0.337 e. The number of ether oxygens (including phenoxy) is 1. The number of piperidine rings is 1. The highest BCUT2D eigenvalue weighted by molar-refractivity contribution is 5.89. The minimum atomic E-state index is -0.683. The van der Waals surface area contributed by atoms with Crippen molar-refractivity contribution in [1.82, 2.24) is 4.90 Å². The molecule has 1 heterocycles. The van der Waals surface area contributed by atoms with Crippen LogP contribution < -0.4 is 5.73 Å². The number of rotatable bonds is 7. The van der Waals surface area contributed by atoms with Gasteiger partial charge in [0.25, 0.3) is 0 Å². The number of nitriles is 1. The Hall–Kier alpha value is -2.68. The summed E-state index contributed by atoms with van der Waals surface area (Å²) >= 11 is 0. The fourth-order valence-corrected chi connectivity index (χ4v) is 4.49. The van der Waals surface area contributed by atoms with Crippen molar-refractivity contribution in [2.24, 2.45) is 11.7 Å². The van der Waals surface area contributed by atoms with Crippen LogP contribution >= 0.6 is 0 Å². The van der Waals surface area contributed by atoms with Crippen molar-refractivity contribution in [3.63, 3.8) is 0 Å². The van der Waals surface area contributed by atoms with E-state index in [2.05, 4.69) is 35.2 Å². The number of carbonyl (C=O) groups is 1. The number of esters is 1. The van der Waals surface area contributed by atoms with Crippen LogP contribution in [0.3, 0.4) is 0 Å². The van der Waals surface area contributed by atoms with E-state index >= 15 is 0 Å². The minimum Gasteiger partial charge on any atom is -0.465 e. The van der Waals surface area contributed by atoms with E-state index in [4.69, 9.17) is 10.5 Å². The van der Waals surface area contributed by atoms with Crippen molar-refractivity contribution in [2.75, 3.05) is 26.7 Å². The summed E-state index contributed by atoms with van der Waals surface area (Å²) in [5.41, 5.74) is 7.91. The molecule has 5 nitrogen and oxygen atoms in total. The molecule has 2 aromatic carbocycles. The van der Waals surface area contributed by atoms with E-state index in [-0.39, 0.29) is 11.9 Å². The van der Waals surface area contributed by atoms with Gasteiger partial charge in [-0.3, -0.25) is 4.90 Å². The zero-order chi connectivity index (χ0) is 20.7. The number of nitrogens with zero attached hydrogens (tertiary/aromatic N) is 2. The molecule has 1 fully saturated rings. The first-order chi connectivity index (χ1) is 14.1. The van der Waals surface area contributed by atoms with Crippen LogP contribution in [0.15, 0.2) is 54.6 Å². The molecule has 2 N–H and O–H groups in total. The summed E-state index contributed by atoms with van der Waals surface area (Å²) in [5.74, 6) is -0.180. The molecule has 0 amide bonds. The van der Waals surface area contributed by atoms with Crippen LogP contribution in [0.4, 0.5) is 0 Å². The lowest BCUT2D eigenvalue weighted by Crippen LogP contribution is -2.43. The van der Waals surface area contributed by atoms with Gasteiger partial charge in [0.05, 0.1) is 24.2 Å². The maximum atomic E-state index is 12.0. The Morgan fingerprint density at radius 1 is 1.21 bits per heavy atom. The van der Waals surface area contributed by atoms with Gasteiger partial charge in [0.15, 0.2) is 0 Å². The van der Waals surface area contributed by atoms with Crippen molar-refractivity contribution in [3.05, 3.63) is 71.3 Å². The molecule has 1 saturated heterocycles. The number of nitrogens with two attached hydrogens (primary N) is 1. The fourth-order valence-electron chi connectivity index (χ4n) is 4.49.